The van der Waals surface area contributed by atoms with Crippen LogP contribution in [0.3, 0.4) is 0 Å². The Balaban J connectivity index is 2.00. The third kappa shape index (κ3) is 2.18. The highest BCUT2D eigenvalue weighted by molar-refractivity contribution is 6.00. The number of aryl methyl sites for hydroxylation is 1. The second-order valence-electron chi connectivity index (χ2n) is 5.29. The van der Waals surface area contributed by atoms with Crippen molar-refractivity contribution in [1.29, 1.82) is 0 Å². The number of nitrogens with zero attached hydrogens (tertiary/aromatic N) is 2. The third-order valence-corrected chi connectivity index (χ3v) is 3.85. The van der Waals surface area contributed by atoms with E-state index in [1.165, 1.54) is 6.42 Å². The van der Waals surface area contributed by atoms with Crippen LogP contribution in [0.4, 0.5) is 0 Å². The van der Waals surface area contributed by atoms with Crippen molar-refractivity contribution in [2.45, 2.75) is 32.2 Å². The van der Waals surface area contributed by atoms with E-state index in [0.717, 1.165) is 29.8 Å². The molecule has 0 aromatic heterocycles. The van der Waals surface area contributed by atoms with Crippen molar-refractivity contribution >= 4 is 5.84 Å². The highest BCUT2D eigenvalue weighted by atomic mass is 16.3. The van der Waals surface area contributed by atoms with Gasteiger partial charge in [0.2, 0.25) is 0 Å². The fourth-order valence-electron chi connectivity index (χ4n) is 2.55. The lowest BCUT2D eigenvalue weighted by Crippen LogP contribution is -2.47. The van der Waals surface area contributed by atoms with E-state index in [0.29, 0.717) is 12.6 Å². The van der Waals surface area contributed by atoms with Crippen LogP contribution in [0.25, 0.3) is 0 Å². The first-order valence-corrected chi connectivity index (χ1v) is 6.68. The van der Waals surface area contributed by atoms with Gasteiger partial charge in [-0.2, -0.15) is 4.99 Å². The van der Waals surface area contributed by atoms with Crippen LogP contribution < -0.4 is 0 Å². The van der Waals surface area contributed by atoms with Crippen LogP contribution in [-0.4, -0.2) is 33.5 Å². The minimum atomic E-state index is -0.257. The van der Waals surface area contributed by atoms with Crippen molar-refractivity contribution in [3.05, 3.63) is 47.0 Å². The molecule has 0 unspecified atom stereocenters. The quantitative estimate of drug-likeness (QED) is 0.857. The van der Waals surface area contributed by atoms with Crippen molar-refractivity contribution in [1.82, 2.24) is 4.90 Å². The van der Waals surface area contributed by atoms with Crippen molar-refractivity contribution in [3.8, 4) is 0 Å². The van der Waals surface area contributed by atoms with E-state index < -0.39 is 0 Å². The zero-order valence-corrected chi connectivity index (χ0v) is 11.0. The minimum Gasteiger partial charge on any atom is -0.506 e. The lowest BCUT2D eigenvalue weighted by molar-refractivity contribution is 0.182. The van der Waals surface area contributed by atoms with Gasteiger partial charge in [-0.3, -0.25) is 0 Å². The van der Waals surface area contributed by atoms with E-state index in [9.17, 15) is 10.2 Å². The van der Waals surface area contributed by atoms with E-state index in [-0.39, 0.29) is 11.6 Å². The molecule has 4 nitrogen and oxygen atoms in total. The highest BCUT2D eigenvalue weighted by Gasteiger charge is 2.32. The Bertz CT molecular complexity index is 559. The fourth-order valence-corrected chi connectivity index (χ4v) is 2.55. The van der Waals surface area contributed by atoms with E-state index >= 15 is 0 Å². The van der Waals surface area contributed by atoms with Crippen molar-refractivity contribution in [2.75, 3.05) is 6.54 Å². The van der Waals surface area contributed by atoms with Crippen LogP contribution >= 0.6 is 0 Å². The van der Waals surface area contributed by atoms with Gasteiger partial charge in [0.05, 0.1) is 6.54 Å². The summed E-state index contributed by atoms with van der Waals surface area (Å²) in [6, 6.07) is 8.50. The number of aliphatic hydroxyl groups excluding tert-OH is 2. The maximum Gasteiger partial charge on any atom is 0.253 e. The molecule has 0 amide bonds. The zero-order valence-electron chi connectivity index (χ0n) is 11.0. The molecule has 1 aromatic rings. The second kappa shape index (κ2) is 4.61. The van der Waals surface area contributed by atoms with Gasteiger partial charge < -0.3 is 15.1 Å². The van der Waals surface area contributed by atoms with Gasteiger partial charge in [0, 0.05) is 11.6 Å². The first-order chi connectivity index (χ1) is 9.15. The monoisotopic (exact) mass is 258 g/mol. The summed E-state index contributed by atoms with van der Waals surface area (Å²) in [7, 11) is 0. The highest BCUT2D eigenvalue weighted by Crippen LogP contribution is 2.29. The normalized spacial score (nSPS) is 20.3. The molecule has 1 aliphatic heterocycles. The first-order valence-electron chi connectivity index (χ1n) is 6.68. The fraction of sp³-hybridized carbons (Fsp3) is 0.400. The summed E-state index contributed by atoms with van der Waals surface area (Å²) < 4.78 is 0. The number of aliphatic imine (C=N–C) groups is 1. The number of amidine groups is 1. The zero-order chi connectivity index (χ0) is 13.4. The largest absolute Gasteiger partial charge is 0.506 e. The minimum absolute atomic E-state index is 0.0386. The summed E-state index contributed by atoms with van der Waals surface area (Å²) in [6.45, 7) is 2.39. The maximum atomic E-state index is 9.72. The van der Waals surface area contributed by atoms with Crippen LogP contribution in [0.2, 0.25) is 0 Å². The van der Waals surface area contributed by atoms with Gasteiger partial charge in [-0.25, -0.2) is 0 Å². The summed E-state index contributed by atoms with van der Waals surface area (Å²) in [5.74, 6) is 0.471. The van der Waals surface area contributed by atoms with Gasteiger partial charge in [-0.15, -0.1) is 0 Å². The molecule has 1 aromatic carbocycles. The Morgan fingerprint density at radius 2 is 2.05 bits per heavy atom. The average Bonchev–Trinajstić information content (AvgIpc) is 2.31. The van der Waals surface area contributed by atoms with E-state index in [4.69, 9.17) is 0 Å². The molecule has 3 rings (SSSR count). The molecule has 0 saturated heterocycles. The van der Waals surface area contributed by atoms with E-state index in [1.807, 2.05) is 25.1 Å². The topological polar surface area (TPSA) is 56.1 Å². The molecular weight excluding hydrogens is 240 g/mol. The third-order valence-electron chi connectivity index (χ3n) is 3.85. The first kappa shape index (κ1) is 12.1. The molecule has 0 radical (unpaired) electrons. The van der Waals surface area contributed by atoms with Crippen LogP contribution in [0.5, 0.6) is 0 Å². The molecule has 19 heavy (non-hydrogen) atoms. The Kier molecular flexibility index (Phi) is 2.93. The molecule has 0 spiro atoms. The Morgan fingerprint density at radius 3 is 2.68 bits per heavy atom. The van der Waals surface area contributed by atoms with Gasteiger partial charge in [-0.1, -0.05) is 23.8 Å². The predicted molar refractivity (Wildman–Crippen MR) is 74.3 cm³/mol. The number of aliphatic hydroxyl groups is 2. The number of hydrogen-bond acceptors (Lipinski definition) is 4. The number of hydrogen-bond donors (Lipinski definition) is 2. The molecule has 100 valence electrons. The maximum absolute atomic E-state index is 9.72. The number of benzene rings is 1. The number of rotatable bonds is 2. The molecule has 0 atom stereocenters. The van der Waals surface area contributed by atoms with Crippen LogP contribution in [-0.2, 0) is 0 Å². The summed E-state index contributed by atoms with van der Waals surface area (Å²) >= 11 is 0. The lowest BCUT2D eigenvalue weighted by Gasteiger charge is -2.40. The summed E-state index contributed by atoms with van der Waals surface area (Å²) in [4.78, 5) is 6.29. The van der Waals surface area contributed by atoms with Gasteiger partial charge in [0.1, 0.15) is 5.84 Å². The lowest BCUT2D eigenvalue weighted by atomic mass is 9.90. The van der Waals surface area contributed by atoms with Crippen molar-refractivity contribution in [3.63, 3.8) is 0 Å². The summed E-state index contributed by atoms with van der Waals surface area (Å²) in [5.41, 5.74) is 2.15. The van der Waals surface area contributed by atoms with E-state index in [1.54, 1.807) is 0 Å². The smallest absolute Gasteiger partial charge is 0.253 e. The Hall–Kier alpha value is -1.97. The second-order valence-corrected chi connectivity index (χ2v) is 5.29. The van der Waals surface area contributed by atoms with Gasteiger partial charge >= 0.3 is 0 Å². The van der Waals surface area contributed by atoms with Gasteiger partial charge in [0.25, 0.3) is 5.88 Å². The molecule has 1 heterocycles. The molecule has 1 saturated carbocycles. The van der Waals surface area contributed by atoms with Crippen LogP contribution in [0.1, 0.15) is 30.4 Å². The van der Waals surface area contributed by atoms with Crippen molar-refractivity contribution < 1.29 is 10.2 Å². The predicted octanol–water partition coefficient (Wildman–Crippen LogP) is 2.89. The van der Waals surface area contributed by atoms with Gasteiger partial charge in [-0.05, 0) is 32.3 Å². The molecule has 2 N–H and O–H groups in total. The van der Waals surface area contributed by atoms with E-state index in [2.05, 4.69) is 16.0 Å². The molecule has 1 fully saturated rings. The molecule has 4 heteroatoms. The molecule has 2 aliphatic rings. The van der Waals surface area contributed by atoms with Crippen LogP contribution in [0.15, 0.2) is 40.9 Å². The standard InChI is InChI=1S/C15H18N2O2/c1-10-4-2-5-11(8-10)14-16-15(19)13(18)9-17(14)12-6-3-7-12/h2,4-5,8,12,18-19H,3,6-7,9H2,1H3. The van der Waals surface area contributed by atoms with Crippen molar-refractivity contribution in [2.24, 2.45) is 4.99 Å². The SMILES string of the molecule is Cc1cccc(C2=NC(O)=C(O)CN2C2CCC2)c1. The molecule has 0 bridgehead atoms. The molecule has 1 aliphatic carbocycles. The molecular formula is C15H18N2O2. The average molecular weight is 258 g/mol. The summed E-state index contributed by atoms with van der Waals surface area (Å²) in [6.07, 6.45) is 3.47. The summed E-state index contributed by atoms with van der Waals surface area (Å²) in [5, 5.41) is 19.4. The Labute approximate surface area is 112 Å². The van der Waals surface area contributed by atoms with Gasteiger partial charge in [0.15, 0.2) is 5.76 Å². The Morgan fingerprint density at radius 1 is 1.26 bits per heavy atom. The van der Waals surface area contributed by atoms with Crippen LogP contribution in [0, 0.1) is 6.92 Å².